The van der Waals surface area contributed by atoms with E-state index >= 15 is 0 Å². The average molecular weight is 185 g/mol. The maximum atomic E-state index is 13.0. The Morgan fingerprint density at radius 3 is 2.67 bits per heavy atom. The zero-order valence-corrected chi connectivity index (χ0v) is 7.39. The van der Waals surface area contributed by atoms with Gasteiger partial charge in [-0.25, -0.2) is 4.39 Å². The van der Waals surface area contributed by atoms with Crippen molar-refractivity contribution < 1.29 is 4.39 Å². The first-order valence-corrected chi connectivity index (χ1v) is 4.32. The molecule has 0 N–H and O–H groups in total. The zero-order valence-electron chi connectivity index (χ0n) is 6.63. The van der Waals surface area contributed by atoms with E-state index in [0.717, 1.165) is 0 Å². The van der Waals surface area contributed by atoms with Gasteiger partial charge in [-0.3, -0.25) is 0 Å². The molecule has 0 amide bonds. The van der Waals surface area contributed by atoms with Crippen molar-refractivity contribution in [3.05, 3.63) is 47.8 Å². The molecule has 0 saturated carbocycles. The van der Waals surface area contributed by atoms with Gasteiger partial charge < -0.3 is 0 Å². The Balaban J connectivity index is 2.63. The Hall–Kier alpha value is -0.820. The summed E-state index contributed by atoms with van der Waals surface area (Å²) in [5.74, 6) is 0.325. The third kappa shape index (κ3) is 2.67. The van der Waals surface area contributed by atoms with Gasteiger partial charge in [0.15, 0.2) is 0 Å². The van der Waals surface area contributed by atoms with Crippen molar-refractivity contribution in [1.82, 2.24) is 0 Å². The zero-order chi connectivity index (χ0) is 8.81. The second-order valence-corrected chi connectivity index (χ2v) is 2.73. The smallest absolute Gasteiger partial charge is 0.126 e. The van der Waals surface area contributed by atoms with Crippen LogP contribution in [0.1, 0.15) is 5.56 Å². The number of rotatable bonds is 3. The van der Waals surface area contributed by atoms with Crippen molar-refractivity contribution in [2.45, 2.75) is 6.42 Å². The lowest BCUT2D eigenvalue weighted by Crippen LogP contribution is -1.86. The van der Waals surface area contributed by atoms with Crippen LogP contribution >= 0.6 is 11.6 Å². The van der Waals surface area contributed by atoms with Crippen LogP contribution in [-0.4, -0.2) is 5.88 Å². The molecule has 0 heterocycles. The minimum absolute atomic E-state index is 0.156. The SMILES string of the molecule is Fc1ccccc1C/C=C/CCl. The molecule has 12 heavy (non-hydrogen) atoms. The molecule has 1 aromatic rings. The fraction of sp³-hybridized carbons (Fsp3) is 0.200. The van der Waals surface area contributed by atoms with Crippen LogP contribution in [0.25, 0.3) is 0 Å². The minimum atomic E-state index is -0.156. The van der Waals surface area contributed by atoms with Crippen molar-refractivity contribution in [1.29, 1.82) is 0 Å². The molecule has 0 bridgehead atoms. The predicted octanol–water partition coefficient (Wildman–Crippen LogP) is 3.16. The molecule has 0 atom stereocenters. The van der Waals surface area contributed by atoms with Crippen molar-refractivity contribution in [3.8, 4) is 0 Å². The van der Waals surface area contributed by atoms with Crippen LogP contribution in [0.3, 0.4) is 0 Å². The lowest BCUT2D eigenvalue weighted by molar-refractivity contribution is 0.615. The van der Waals surface area contributed by atoms with Gasteiger partial charge in [0.25, 0.3) is 0 Å². The molecule has 0 nitrogen and oxygen atoms in total. The van der Waals surface area contributed by atoms with Gasteiger partial charge in [0.2, 0.25) is 0 Å². The average Bonchev–Trinajstić information content (AvgIpc) is 2.09. The van der Waals surface area contributed by atoms with Gasteiger partial charge in [-0.15, -0.1) is 11.6 Å². The number of benzene rings is 1. The molecule has 2 heteroatoms. The summed E-state index contributed by atoms with van der Waals surface area (Å²) in [6, 6.07) is 6.74. The summed E-state index contributed by atoms with van der Waals surface area (Å²) in [5.41, 5.74) is 0.707. The van der Waals surface area contributed by atoms with E-state index in [1.54, 1.807) is 12.1 Å². The summed E-state index contributed by atoms with van der Waals surface area (Å²) in [4.78, 5) is 0. The maximum absolute atomic E-state index is 13.0. The second kappa shape index (κ2) is 4.94. The third-order valence-electron chi connectivity index (χ3n) is 1.55. The number of halogens is 2. The summed E-state index contributed by atoms with van der Waals surface area (Å²) >= 11 is 5.43. The van der Waals surface area contributed by atoms with E-state index < -0.39 is 0 Å². The van der Waals surface area contributed by atoms with E-state index in [4.69, 9.17) is 11.6 Å². The maximum Gasteiger partial charge on any atom is 0.126 e. The molecular weight excluding hydrogens is 175 g/mol. The van der Waals surface area contributed by atoms with E-state index in [1.165, 1.54) is 6.07 Å². The van der Waals surface area contributed by atoms with Crippen molar-refractivity contribution in [3.63, 3.8) is 0 Å². The van der Waals surface area contributed by atoms with Gasteiger partial charge in [-0.2, -0.15) is 0 Å². The van der Waals surface area contributed by atoms with Crippen molar-refractivity contribution in [2.75, 3.05) is 5.88 Å². The largest absolute Gasteiger partial charge is 0.207 e. The molecule has 0 spiro atoms. The normalized spacial score (nSPS) is 10.8. The summed E-state index contributed by atoms with van der Waals surface area (Å²) < 4.78 is 13.0. The summed E-state index contributed by atoms with van der Waals surface area (Å²) in [6.07, 6.45) is 4.29. The van der Waals surface area contributed by atoms with Crippen LogP contribution in [0.5, 0.6) is 0 Å². The first-order chi connectivity index (χ1) is 5.84. The Kier molecular flexibility index (Phi) is 3.81. The fourth-order valence-corrected chi connectivity index (χ4v) is 1.06. The summed E-state index contributed by atoms with van der Waals surface area (Å²) in [5, 5.41) is 0. The first kappa shape index (κ1) is 9.27. The van der Waals surface area contributed by atoms with Gasteiger partial charge in [-0.1, -0.05) is 30.4 Å². The van der Waals surface area contributed by atoms with Crippen LogP contribution < -0.4 is 0 Å². The Labute approximate surface area is 76.7 Å². The lowest BCUT2D eigenvalue weighted by atomic mass is 10.1. The molecule has 1 rings (SSSR count). The number of hydrogen-bond acceptors (Lipinski definition) is 0. The molecule has 0 unspecified atom stereocenters. The molecule has 0 fully saturated rings. The standard InChI is InChI=1S/C10H10ClF/c11-8-4-3-6-9-5-1-2-7-10(9)12/h1-5,7H,6,8H2/b4-3+. The molecule has 0 saturated heterocycles. The minimum Gasteiger partial charge on any atom is -0.207 e. The topological polar surface area (TPSA) is 0 Å². The van der Waals surface area contributed by atoms with Gasteiger partial charge in [-0.05, 0) is 18.1 Å². The molecule has 0 aromatic heterocycles. The van der Waals surface area contributed by atoms with E-state index in [1.807, 2.05) is 18.2 Å². The van der Waals surface area contributed by atoms with Gasteiger partial charge >= 0.3 is 0 Å². The Bertz CT molecular complexity index is 268. The molecule has 0 radical (unpaired) electrons. The highest BCUT2D eigenvalue weighted by molar-refractivity contribution is 6.18. The third-order valence-corrected chi connectivity index (χ3v) is 1.73. The molecule has 64 valence electrons. The van der Waals surface area contributed by atoms with Crippen molar-refractivity contribution >= 4 is 11.6 Å². The van der Waals surface area contributed by atoms with Crippen LogP contribution in [0.2, 0.25) is 0 Å². The summed E-state index contributed by atoms with van der Waals surface area (Å²) in [7, 11) is 0. The lowest BCUT2D eigenvalue weighted by Gasteiger charge is -1.96. The Morgan fingerprint density at radius 2 is 2.00 bits per heavy atom. The summed E-state index contributed by atoms with van der Waals surface area (Å²) in [6.45, 7) is 0. The van der Waals surface area contributed by atoms with E-state index in [2.05, 4.69) is 0 Å². The Morgan fingerprint density at radius 1 is 1.25 bits per heavy atom. The van der Waals surface area contributed by atoms with E-state index in [9.17, 15) is 4.39 Å². The highest BCUT2D eigenvalue weighted by atomic mass is 35.5. The number of hydrogen-bond donors (Lipinski definition) is 0. The van der Waals surface area contributed by atoms with Crippen LogP contribution in [0.15, 0.2) is 36.4 Å². The number of allylic oxidation sites excluding steroid dienone is 2. The molecule has 0 aliphatic rings. The molecule has 1 aromatic carbocycles. The quantitative estimate of drug-likeness (QED) is 0.500. The van der Waals surface area contributed by atoms with Crippen LogP contribution in [0.4, 0.5) is 4.39 Å². The monoisotopic (exact) mass is 184 g/mol. The fourth-order valence-electron chi connectivity index (χ4n) is 0.937. The molecular formula is C10H10ClF. The number of alkyl halides is 1. The van der Waals surface area contributed by atoms with Crippen molar-refractivity contribution in [2.24, 2.45) is 0 Å². The second-order valence-electron chi connectivity index (χ2n) is 2.42. The molecule has 0 aliphatic heterocycles. The van der Waals surface area contributed by atoms with E-state index in [0.29, 0.717) is 17.9 Å². The van der Waals surface area contributed by atoms with Gasteiger partial charge in [0, 0.05) is 5.88 Å². The van der Waals surface area contributed by atoms with Crippen LogP contribution in [-0.2, 0) is 6.42 Å². The van der Waals surface area contributed by atoms with Gasteiger partial charge in [0.1, 0.15) is 5.82 Å². The predicted molar refractivity (Wildman–Crippen MR) is 50.0 cm³/mol. The van der Waals surface area contributed by atoms with Crippen LogP contribution in [0, 0.1) is 5.82 Å². The van der Waals surface area contributed by atoms with Gasteiger partial charge in [0.05, 0.1) is 0 Å². The highest BCUT2D eigenvalue weighted by Gasteiger charge is 1.95. The molecule has 0 aliphatic carbocycles. The van der Waals surface area contributed by atoms with E-state index in [-0.39, 0.29) is 5.82 Å². The first-order valence-electron chi connectivity index (χ1n) is 3.79. The highest BCUT2D eigenvalue weighted by Crippen LogP contribution is 2.07.